The van der Waals surface area contributed by atoms with E-state index in [1.165, 1.54) is 12.4 Å². The topological polar surface area (TPSA) is 29.5 Å². The second kappa shape index (κ2) is 2.07. The van der Waals surface area contributed by atoms with Crippen LogP contribution in [0.5, 0.6) is 0 Å². The third kappa shape index (κ3) is 0.936. The molecule has 0 saturated carbocycles. The Hall–Kier alpha value is -0.670. The minimum atomic E-state index is 0.515. The lowest BCUT2D eigenvalue weighted by atomic mass is 10.5. The van der Waals surface area contributed by atoms with Crippen LogP contribution in [0.1, 0.15) is 0 Å². The number of halogens is 1. The highest BCUT2D eigenvalue weighted by Crippen LogP contribution is 2.06. The first-order valence-corrected chi connectivity index (χ1v) is 2.41. The molecule has 0 aliphatic carbocycles. The molecular weight excluding hydrogens is 128 g/mol. The summed E-state index contributed by atoms with van der Waals surface area (Å²) in [4.78, 5) is 0. The molecule has 1 heterocycles. The molecule has 0 unspecified atom stereocenters. The monoisotopic (exact) mass is 131 g/mol. The van der Waals surface area contributed by atoms with E-state index in [2.05, 4.69) is 0 Å². The van der Waals surface area contributed by atoms with E-state index in [0.29, 0.717) is 5.17 Å². The van der Waals surface area contributed by atoms with Gasteiger partial charge in [-0.2, -0.15) is 0 Å². The summed E-state index contributed by atoms with van der Waals surface area (Å²) < 4.78 is 0.917. The Morgan fingerprint density at radius 3 is 2.25 bits per heavy atom. The van der Waals surface area contributed by atoms with Gasteiger partial charge in [-0.3, -0.25) is 0 Å². The van der Waals surface area contributed by atoms with Crippen LogP contribution in [0.4, 0.5) is 0 Å². The van der Waals surface area contributed by atoms with Crippen molar-refractivity contribution in [1.29, 1.82) is 0 Å². The first-order chi connectivity index (χ1) is 3.80. The lowest BCUT2D eigenvalue weighted by molar-refractivity contribution is 0.258. The van der Waals surface area contributed by atoms with Gasteiger partial charge < -0.3 is 10.4 Å². The van der Waals surface area contributed by atoms with E-state index in [9.17, 15) is 5.21 Å². The molecule has 0 saturated heterocycles. The summed E-state index contributed by atoms with van der Waals surface area (Å²) in [5.41, 5.74) is 0. The maximum atomic E-state index is 10.4. The number of nitrogens with zero attached hydrogens (tertiary/aromatic N) is 2. The Bertz CT molecular complexity index is 118. The van der Waals surface area contributed by atoms with Crippen LogP contribution < -0.4 is 0 Å². The van der Waals surface area contributed by atoms with Crippen LogP contribution in [0.25, 0.3) is 0 Å². The minimum absolute atomic E-state index is 0.515. The first kappa shape index (κ1) is 5.47. The van der Waals surface area contributed by atoms with E-state index < -0.39 is 0 Å². The van der Waals surface area contributed by atoms with Crippen LogP contribution >= 0.6 is 11.8 Å². The highest BCUT2D eigenvalue weighted by atomic mass is 35.5. The van der Waals surface area contributed by atoms with Crippen LogP contribution in [-0.4, -0.2) is 9.70 Å². The Morgan fingerprint density at radius 2 is 1.88 bits per heavy atom. The molecule has 0 aromatic rings. The number of hydrogen-bond acceptors (Lipinski definition) is 3. The van der Waals surface area contributed by atoms with Gasteiger partial charge in [0.2, 0.25) is 0 Å². The SMILES string of the molecule is [O-]N1C=CC=CN1Cl. The maximum Gasteiger partial charge on any atom is 0.0393 e. The third-order valence-electron chi connectivity index (χ3n) is 0.722. The van der Waals surface area contributed by atoms with Crippen molar-refractivity contribution in [3.8, 4) is 0 Å². The van der Waals surface area contributed by atoms with Gasteiger partial charge in [0.15, 0.2) is 0 Å². The van der Waals surface area contributed by atoms with Crippen molar-refractivity contribution in [3.05, 3.63) is 29.8 Å². The third-order valence-corrected chi connectivity index (χ3v) is 0.984. The summed E-state index contributed by atoms with van der Waals surface area (Å²) in [6, 6.07) is 0. The summed E-state index contributed by atoms with van der Waals surface area (Å²) in [6.07, 6.45) is 6.04. The van der Waals surface area contributed by atoms with Crippen molar-refractivity contribution < 1.29 is 0 Å². The highest BCUT2D eigenvalue weighted by molar-refractivity contribution is 6.13. The molecule has 0 atom stereocenters. The van der Waals surface area contributed by atoms with E-state index >= 15 is 0 Å². The van der Waals surface area contributed by atoms with Crippen LogP contribution in [0.15, 0.2) is 24.6 Å². The zero-order valence-corrected chi connectivity index (χ0v) is 4.75. The van der Waals surface area contributed by atoms with E-state index in [1.54, 1.807) is 12.2 Å². The lowest BCUT2D eigenvalue weighted by Crippen LogP contribution is -2.21. The van der Waals surface area contributed by atoms with Crippen LogP contribution in [0.3, 0.4) is 0 Å². The Balaban J connectivity index is 2.59. The summed E-state index contributed by atoms with van der Waals surface area (Å²) in [5.74, 6) is 0. The second-order valence-corrected chi connectivity index (χ2v) is 1.62. The van der Waals surface area contributed by atoms with Crippen molar-refractivity contribution in [2.24, 2.45) is 0 Å². The first-order valence-electron chi connectivity index (χ1n) is 2.07. The molecule has 1 aliphatic rings. The Morgan fingerprint density at radius 1 is 1.25 bits per heavy atom. The molecule has 0 radical (unpaired) electrons. The van der Waals surface area contributed by atoms with Gasteiger partial charge in [0.25, 0.3) is 0 Å². The van der Waals surface area contributed by atoms with Gasteiger partial charge in [-0.15, -0.1) is 0 Å². The molecule has 1 rings (SSSR count). The fourth-order valence-corrected chi connectivity index (χ4v) is 0.489. The summed E-state index contributed by atoms with van der Waals surface area (Å²) in [6.45, 7) is 0. The van der Waals surface area contributed by atoms with Crippen molar-refractivity contribution in [2.45, 2.75) is 0 Å². The normalized spacial score (nSPS) is 17.8. The molecule has 0 aromatic carbocycles. The smallest absolute Gasteiger partial charge is 0.0393 e. The standard InChI is InChI=1S/C4H4ClN2O/c5-6-3-1-2-4-7(6)8/h1-4H/q-1. The second-order valence-electron chi connectivity index (χ2n) is 1.27. The summed E-state index contributed by atoms with van der Waals surface area (Å²) in [5, 5.41) is 10.9. The average Bonchev–Trinajstić information content (AvgIpc) is 1.77. The number of hydrazine groups is 1. The van der Waals surface area contributed by atoms with Crippen LogP contribution in [0.2, 0.25) is 0 Å². The quantitative estimate of drug-likeness (QED) is 0.463. The molecular formula is C4H4ClN2O-. The Labute approximate surface area is 52.1 Å². The zero-order valence-electron chi connectivity index (χ0n) is 3.99. The van der Waals surface area contributed by atoms with E-state index in [1.807, 2.05) is 0 Å². The van der Waals surface area contributed by atoms with E-state index in [-0.39, 0.29) is 0 Å². The van der Waals surface area contributed by atoms with Crippen molar-refractivity contribution in [2.75, 3.05) is 0 Å². The minimum Gasteiger partial charge on any atom is -0.738 e. The van der Waals surface area contributed by atoms with Crippen molar-refractivity contribution >= 4 is 11.8 Å². The summed E-state index contributed by atoms with van der Waals surface area (Å²) in [7, 11) is 0. The van der Waals surface area contributed by atoms with Gasteiger partial charge in [0, 0.05) is 24.2 Å². The van der Waals surface area contributed by atoms with Gasteiger partial charge in [-0.25, -0.2) is 4.53 Å². The maximum absolute atomic E-state index is 10.4. The van der Waals surface area contributed by atoms with E-state index in [4.69, 9.17) is 11.8 Å². The van der Waals surface area contributed by atoms with Gasteiger partial charge in [-0.1, -0.05) is 0 Å². The molecule has 0 spiro atoms. The average molecular weight is 132 g/mol. The van der Waals surface area contributed by atoms with Crippen molar-refractivity contribution in [1.82, 2.24) is 9.70 Å². The van der Waals surface area contributed by atoms with Crippen LogP contribution in [0, 0.1) is 5.21 Å². The molecule has 0 bridgehead atoms. The number of allylic oxidation sites excluding steroid dienone is 2. The fourth-order valence-electron chi connectivity index (χ4n) is 0.373. The van der Waals surface area contributed by atoms with Gasteiger partial charge in [0.05, 0.1) is 0 Å². The van der Waals surface area contributed by atoms with E-state index in [0.717, 1.165) is 4.53 Å². The fraction of sp³-hybridized carbons (Fsp3) is 0. The van der Waals surface area contributed by atoms with Crippen molar-refractivity contribution in [3.63, 3.8) is 0 Å². The Kier molecular flexibility index (Phi) is 1.41. The summed E-state index contributed by atoms with van der Waals surface area (Å²) >= 11 is 5.28. The number of hydroxylamine groups is 1. The predicted molar refractivity (Wildman–Crippen MR) is 31.2 cm³/mol. The van der Waals surface area contributed by atoms with Crippen LogP contribution in [-0.2, 0) is 0 Å². The molecule has 3 nitrogen and oxygen atoms in total. The van der Waals surface area contributed by atoms with Gasteiger partial charge >= 0.3 is 0 Å². The number of hydrogen-bond donors (Lipinski definition) is 0. The van der Waals surface area contributed by atoms with Gasteiger partial charge in [-0.05, 0) is 12.2 Å². The molecule has 1 aliphatic heterocycles. The predicted octanol–water partition coefficient (Wildman–Crippen LogP) is 1.20. The molecule has 8 heavy (non-hydrogen) atoms. The molecule has 4 heteroatoms. The molecule has 0 aromatic heterocycles. The zero-order chi connectivity index (χ0) is 5.98. The largest absolute Gasteiger partial charge is 0.738 e. The number of rotatable bonds is 0. The molecule has 44 valence electrons. The molecule has 0 N–H and O–H groups in total. The highest BCUT2D eigenvalue weighted by Gasteiger charge is 1.92. The lowest BCUT2D eigenvalue weighted by Gasteiger charge is -2.33. The van der Waals surface area contributed by atoms with Gasteiger partial charge in [0.1, 0.15) is 0 Å². The molecule has 0 amide bonds. The molecule has 0 fully saturated rings.